The summed E-state index contributed by atoms with van der Waals surface area (Å²) < 4.78 is 1.28. The van der Waals surface area contributed by atoms with Crippen LogP contribution < -0.4 is 5.32 Å². The first-order valence-electron chi connectivity index (χ1n) is 6.52. The van der Waals surface area contributed by atoms with E-state index < -0.39 is 0 Å². The molecule has 1 aliphatic carbocycles. The van der Waals surface area contributed by atoms with Crippen LogP contribution in [0.25, 0.3) is 0 Å². The maximum atomic E-state index is 3.65. The Labute approximate surface area is 116 Å². The molecule has 1 unspecified atom stereocenters. The molecular weight excluding hydrogens is 296 g/mol. The molecule has 0 amide bonds. The van der Waals surface area contributed by atoms with Crippen molar-refractivity contribution in [3.8, 4) is 0 Å². The van der Waals surface area contributed by atoms with Gasteiger partial charge >= 0.3 is 0 Å². The summed E-state index contributed by atoms with van der Waals surface area (Å²) >= 11 is 5.52. The number of thiophene rings is 1. The van der Waals surface area contributed by atoms with Crippen LogP contribution in [0.1, 0.15) is 30.6 Å². The van der Waals surface area contributed by atoms with Crippen molar-refractivity contribution < 1.29 is 0 Å². The second kappa shape index (κ2) is 5.39. The monoisotopic (exact) mass is 314 g/mol. The number of hydrogen-bond donors (Lipinski definition) is 1. The Kier molecular flexibility index (Phi) is 3.85. The highest BCUT2D eigenvalue weighted by Gasteiger charge is 2.31. The number of rotatable bonds is 5. The van der Waals surface area contributed by atoms with Crippen molar-refractivity contribution in [2.24, 2.45) is 0 Å². The van der Waals surface area contributed by atoms with Crippen molar-refractivity contribution in [1.82, 2.24) is 10.2 Å². The van der Waals surface area contributed by atoms with Gasteiger partial charge in [0.2, 0.25) is 0 Å². The number of hydrogen-bond acceptors (Lipinski definition) is 3. The molecule has 3 rings (SSSR count). The molecular formula is C13H19BrN2S. The molecule has 1 aliphatic heterocycles. The van der Waals surface area contributed by atoms with Gasteiger partial charge in [0.25, 0.3) is 0 Å². The molecule has 2 heterocycles. The van der Waals surface area contributed by atoms with Gasteiger partial charge in [0.15, 0.2) is 0 Å². The van der Waals surface area contributed by atoms with Crippen molar-refractivity contribution in [2.75, 3.05) is 13.1 Å². The van der Waals surface area contributed by atoms with E-state index in [4.69, 9.17) is 0 Å². The molecule has 0 radical (unpaired) electrons. The first kappa shape index (κ1) is 12.2. The maximum Gasteiger partial charge on any atom is 0.0342 e. The van der Waals surface area contributed by atoms with Crippen LogP contribution in [0.5, 0.6) is 0 Å². The van der Waals surface area contributed by atoms with Crippen molar-refractivity contribution in [1.29, 1.82) is 0 Å². The Morgan fingerprint density at radius 1 is 1.41 bits per heavy atom. The third-order valence-electron chi connectivity index (χ3n) is 3.72. The molecule has 2 aliphatic rings. The summed E-state index contributed by atoms with van der Waals surface area (Å²) in [5, 5.41) is 5.79. The minimum atomic E-state index is 0.731. The predicted octanol–water partition coefficient (Wildman–Crippen LogP) is 3.23. The molecule has 1 saturated carbocycles. The smallest absolute Gasteiger partial charge is 0.0342 e. The Hall–Kier alpha value is 0.1000. The molecule has 1 aromatic rings. The molecule has 0 bridgehead atoms. The van der Waals surface area contributed by atoms with E-state index in [2.05, 4.69) is 37.6 Å². The van der Waals surface area contributed by atoms with Crippen LogP contribution in [0, 0.1) is 0 Å². The Balaban J connectivity index is 1.61. The first-order chi connectivity index (χ1) is 8.33. The minimum Gasteiger partial charge on any atom is -0.313 e. The van der Waals surface area contributed by atoms with Gasteiger partial charge in [0.1, 0.15) is 0 Å². The normalized spacial score (nSPS) is 24.7. The Bertz CT molecular complexity index is 369. The summed E-state index contributed by atoms with van der Waals surface area (Å²) in [5.41, 5.74) is 0. The molecule has 0 spiro atoms. The summed E-state index contributed by atoms with van der Waals surface area (Å²) in [5.74, 6) is 0. The molecule has 17 heavy (non-hydrogen) atoms. The van der Waals surface area contributed by atoms with Crippen LogP contribution in [0.3, 0.4) is 0 Å². The van der Waals surface area contributed by atoms with Crippen LogP contribution in [-0.2, 0) is 6.54 Å². The van der Waals surface area contributed by atoms with Crippen molar-refractivity contribution in [3.63, 3.8) is 0 Å². The van der Waals surface area contributed by atoms with E-state index in [0.29, 0.717) is 0 Å². The zero-order chi connectivity index (χ0) is 11.7. The summed E-state index contributed by atoms with van der Waals surface area (Å²) in [4.78, 5) is 4.16. The number of halogens is 1. The van der Waals surface area contributed by atoms with Gasteiger partial charge in [-0.05, 0) is 59.6 Å². The summed E-state index contributed by atoms with van der Waals surface area (Å²) in [6.07, 6.45) is 5.51. The fourth-order valence-electron chi connectivity index (χ4n) is 2.60. The lowest BCUT2D eigenvalue weighted by Crippen LogP contribution is -2.38. The third-order valence-corrected chi connectivity index (χ3v) is 5.63. The van der Waals surface area contributed by atoms with E-state index in [9.17, 15) is 0 Å². The largest absolute Gasteiger partial charge is 0.313 e. The Morgan fingerprint density at radius 3 is 2.88 bits per heavy atom. The second-order valence-electron chi connectivity index (χ2n) is 5.15. The minimum absolute atomic E-state index is 0.731. The first-order valence-corrected chi connectivity index (χ1v) is 8.19. The highest BCUT2D eigenvalue weighted by Crippen LogP contribution is 2.32. The highest BCUT2D eigenvalue weighted by atomic mass is 79.9. The third kappa shape index (κ3) is 3.11. The molecule has 2 fully saturated rings. The molecule has 1 atom stereocenters. The van der Waals surface area contributed by atoms with E-state index in [-0.39, 0.29) is 0 Å². The van der Waals surface area contributed by atoms with Gasteiger partial charge < -0.3 is 5.32 Å². The van der Waals surface area contributed by atoms with E-state index in [1.807, 2.05) is 11.3 Å². The Morgan fingerprint density at radius 2 is 2.29 bits per heavy atom. The zero-order valence-electron chi connectivity index (χ0n) is 9.99. The van der Waals surface area contributed by atoms with E-state index >= 15 is 0 Å². The lowest BCUT2D eigenvalue weighted by molar-refractivity contribution is 0.233. The fraction of sp³-hybridized carbons (Fsp3) is 0.692. The van der Waals surface area contributed by atoms with Crippen LogP contribution >= 0.6 is 27.3 Å². The fourth-order valence-corrected chi connectivity index (χ4v) is 4.10. The molecule has 1 saturated heterocycles. The van der Waals surface area contributed by atoms with Crippen LogP contribution in [0.4, 0.5) is 0 Å². The number of nitrogens with one attached hydrogen (secondary N) is 1. The van der Waals surface area contributed by atoms with Crippen molar-refractivity contribution >= 4 is 27.3 Å². The highest BCUT2D eigenvalue weighted by molar-refractivity contribution is 9.10. The van der Waals surface area contributed by atoms with E-state index in [0.717, 1.165) is 18.6 Å². The van der Waals surface area contributed by atoms with Crippen LogP contribution in [0.2, 0.25) is 0 Å². The maximum absolute atomic E-state index is 3.65. The molecule has 0 aromatic carbocycles. The molecule has 1 N–H and O–H groups in total. The topological polar surface area (TPSA) is 15.3 Å². The van der Waals surface area contributed by atoms with Crippen LogP contribution in [0.15, 0.2) is 15.9 Å². The predicted molar refractivity (Wildman–Crippen MR) is 76.5 cm³/mol. The van der Waals surface area contributed by atoms with E-state index in [1.54, 1.807) is 0 Å². The standard InChI is InChI=1S/C13H19BrN2S/c14-12-5-7-17-13(12)9-16(11-3-4-11)8-10-2-1-6-15-10/h5,7,10-11,15H,1-4,6,8-9H2. The average molecular weight is 315 g/mol. The van der Waals surface area contributed by atoms with Gasteiger partial charge in [-0.3, -0.25) is 4.90 Å². The summed E-state index contributed by atoms with van der Waals surface area (Å²) in [6.45, 7) is 3.57. The van der Waals surface area contributed by atoms with Gasteiger partial charge in [-0.2, -0.15) is 0 Å². The summed E-state index contributed by atoms with van der Waals surface area (Å²) in [6, 6.07) is 3.75. The van der Waals surface area contributed by atoms with E-state index in [1.165, 1.54) is 48.1 Å². The quantitative estimate of drug-likeness (QED) is 0.897. The lowest BCUT2D eigenvalue weighted by Gasteiger charge is -2.25. The van der Waals surface area contributed by atoms with Gasteiger partial charge in [0, 0.05) is 34.5 Å². The summed E-state index contributed by atoms with van der Waals surface area (Å²) in [7, 11) is 0. The van der Waals surface area contributed by atoms with Gasteiger partial charge in [0.05, 0.1) is 0 Å². The molecule has 94 valence electrons. The lowest BCUT2D eigenvalue weighted by atomic mass is 10.2. The van der Waals surface area contributed by atoms with Gasteiger partial charge in [-0.15, -0.1) is 11.3 Å². The van der Waals surface area contributed by atoms with Crippen molar-refractivity contribution in [3.05, 3.63) is 20.8 Å². The molecule has 4 heteroatoms. The van der Waals surface area contributed by atoms with Gasteiger partial charge in [-0.1, -0.05) is 0 Å². The SMILES string of the molecule is Brc1ccsc1CN(CC1CCCN1)C1CC1. The van der Waals surface area contributed by atoms with Gasteiger partial charge in [-0.25, -0.2) is 0 Å². The second-order valence-corrected chi connectivity index (χ2v) is 7.00. The molecule has 2 nitrogen and oxygen atoms in total. The van der Waals surface area contributed by atoms with Crippen molar-refractivity contribution in [2.45, 2.75) is 44.3 Å². The zero-order valence-corrected chi connectivity index (χ0v) is 12.4. The average Bonchev–Trinajstić information content (AvgIpc) is 2.91. The van der Waals surface area contributed by atoms with Crippen LogP contribution in [-0.4, -0.2) is 30.1 Å². The molecule has 1 aromatic heterocycles. The number of nitrogens with zero attached hydrogens (tertiary/aromatic N) is 1.